The van der Waals surface area contributed by atoms with Crippen LogP contribution in [0, 0.1) is 12.8 Å². The Morgan fingerprint density at radius 3 is 2.69 bits per heavy atom. The Morgan fingerprint density at radius 1 is 1.17 bits per heavy atom. The SMILES string of the molecule is CC1=NC=CCC1CNc1cnc(-n2c(C(F)(F)F)nc3cc(C)ccc32)cn1. The Kier molecular flexibility index (Phi) is 4.81. The highest BCUT2D eigenvalue weighted by molar-refractivity contribution is 5.86. The fraction of sp³-hybridized carbons (Fsp3) is 0.300. The molecule has 0 spiro atoms. The van der Waals surface area contributed by atoms with Crippen LogP contribution in [0.25, 0.3) is 16.9 Å². The lowest BCUT2D eigenvalue weighted by molar-refractivity contribution is -0.145. The lowest BCUT2D eigenvalue weighted by Crippen LogP contribution is -2.22. The summed E-state index contributed by atoms with van der Waals surface area (Å²) >= 11 is 0. The molecule has 0 bridgehead atoms. The maximum atomic E-state index is 13.6. The van der Waals surface area contributed by atoms with Crippen molar-refractivity contribution in [3.8, 4) is 5.82 Å². The first-order chi connectivity index (χ1) is 13.8. The molecule has 1 aliphatic heterocycles. The summed E-state index contributed by atoms with van der Waals surface area (Å²) in [5.41, 5.74) is 2.46. The highest BCUT2D eigenvalue weighted by atomic mass is 19.4. The number of allylic oxidation sites excluding steroid dienone is 1. The first kappa shape index (κ1) is 19.1. The van der Waals surface area contributed by atoms with E-state index in [-0.39, 0.29) is 17.3 Å². The van der Waals surface area contributed by atoms with Gasteiger partial charge in [0.15, 0.2) is 5.82 Å². The topological polar surface area (TPSA) is 68.0 Å². The zero-order valence-corrected chi connectivity index (χ0v) is 15.9. The first-order valence-corrected chi connectivity index (χ1v) is 9.15. The van der Waals surface area contributed by atoms with Gasteiger partial charge in [0.2, 0.25) is 5.82 Å². The molecule has 29 heavy (non-hydrogen) atoms. The molecule has 9 heteroatoms. The van der Waals surface area contributed by atoms with Crippen molar-refractivity contribution >= 4 is 22.6 Å². The molecular weight excluding hydrogens is 381 g/mol. The second-order valence-corrected chi connectivity index (χ2v) is 6.99. The van der Waals surface area contributed by atoms with E-state index >= 15 is 0 Å². The molecule has 0 radical (unpaired) electrons. The van der Waals surface area contributed by atoms with Crippen molar-refractivity contribution in [1.82, 2.24) is 19.5 Å². The van der Waals surface area contributed by atoms with Crippen molar-refractivity contribution in [2.24, 2.45) is 10.9 Å². The van der Waals surface area contributed by atoms with E-state index in [0.717, 1.165) is 22.3 Å². The average molecular weight is 400 g/mol. The zero-order valence-electron chi connectivity index (χ0n) is 15.9. The van der Waals surface area contributed by atoms with Crippen LogP contribution in [-0.4, -0.2) is 31.8 Å². The molecule has 2 aromatic heterocycles. The van der Waals surface area contributed by atoms with Crippen LogP contribution in [-0.2, 0) is 6.18 Å². The van der Waals surface area contributed by atoms with E-state index in [1.807, 2.05) is 13.0 Å². The number of alkyl halides is 3. The third-order valence-electron chi connectivity index (χ3n) is 4.86. The molecule has 1 atom stereocenters. The number of rotatable bonds is 4. The monoisotopic (exact) mass is 400 g/mol. The van der Waals surface area contributed by atoms with Crippen molar-refractivity contribution < 1.29 is 13.2 Å². The van der Waals surface area contributed by atoms with Gasteiger partial charge in [-0.25, -0.2) is 15.0 Å². The van der Waals surface area contributed by atoms with Crippen LogP contribution in [0.1, 0.15) is 24.7 Å². The van der Waals surface area contributed by atoms with Gasteiger partial charge in [0, 0.05) is 24.4 Å². The highest BCUT2D eigenvalue weighted by Crippen LogP contribution is 2.33. The Bertz CT molecular complexity index is 1100. The van der Waals surface area contributed by atoms with Crippen molar-refractivity contribution in [1.29, 1.82) is 0 Å². The van der Waals surface area contributed by atoms with Crippen LogP contribution < -0.4 is 5.32 Å². The summed E-state index contributed by atoms with van der Waals surface area (Å²) in [6, 6.07) is 4.97. The lowest BCUT2D eigenvalue weighted by Gasteiger charge is -2.18. The predicted octanol–water partition coefficient (Wildman–Crippen LogP) is 4.55. The molecule has 4 rings (SSSR count). The van der Waals surface area contributed by atoms with Crippen LogP contribution in [0.3, 0.4) is 0 Å². The Balaban J connectivity index is 1.63. The van der Waals surface area contributed by atoms with Crippen molar-refractivity contribution in [3.63, 3.8) is 0 Å². The van der Waals surface area contributed by atoms with Gasteiger partial charge in [0.25, 0.3) is 0 Å². The maximum Gasteiger partial charge on any atom is 0.450 e. The van der Waals surface area contributed by atoms with E-state index in [0.29, 0.717) is 17.9 Å². The number of anilines is 1. The minimum Gasteiger partial charge on any atom is -0.368 e. The lowest BCUT2D eigenvalue weighted by atomic mass is 9.99. The maximum absolute atomic E-state index is 13.6. The van der Waals surface area contributed by atoms with E-state index in [4.69, 9.17) is 0 Å². The summed E-state index contributed by atoms with van der Waals surface area (Å²) < 4.78 is 41.7. The largest absolute Gasteiger partial charge is 0.450 e. The molecular formula is C20H19F3N6. The van der Waals surface area contributed by atoms with Crippen LogP contribution >= 0.6 is 0 Å². The third kappa shape index (κ3) is 3.85. The highest BCUT2D eigenvalue weighted by Gasteiger charge is 2.38. The quantitative estimate of drug-likeness (QED) is 0.698. The summed E-state index contributed by atoms with van der Waals surface area (Å²) in [5.74, 6) is -0.217. The van der Waals surface area contributed by atoms with E-state index in [1.54, 1.807) is 31.3 Å². The van der Waals surface area contributed by atoms with Gasteiger partial charge in [-0.3, -0.25) is 9.56 Å². The fourth-order valence-corrected chi connectivity index (χ4v) is 3.27. The molecule has 0 saturated carbocycles. The minimum atomic E-state index is -4.61. The number of hydrogen-bond donors (Lipinski definition) is 1. The van der Waals surface area contributed by atoms with Crippen LogP contribution in [0.15, 0.2) is 47.9 Å². The Labute approximate surface area is 165 Å². The number of aryl methyl sites for hydroxylation is 1. The number of fused-ring (bicyclic) bond motifs is 1. The smallest absolute Gasteiger partial charge is 0.368 e. The molecule has 1 aliphatic rings. The van der Waals surface area contributed by atoms with Crippen LogP contribution in [0.5, 0.6) is 0 Å². The Hall–Kier alpha value is -3.23. The fourth-order valence-electron chi connectivity index (χ4n) is 3.27. The summed E-state index contributed by atoms with van der Waals surface area (Å²) in [7, 11) is 0. The van der Waals surface area contributed by atoms with Gasteiger partial charge in [-0.1, -0.05) is 12.1 Å². The number of nitrogens with zero attached hydrogens (tertiary/aromatic N) is 5. The molecule has 0 saturated heterocycles. The van der Waals surface area contributed by atoms with Gasteiger partial charge >= 0.3 is 6.18 Å². The number of imidazole rings is 1. The molecule has 0 aliphatic carbocycles. The first-order valence-electron chi connectivity index (χ1n) is 9.15. The van der Waals surface area contributed by atoms with E-state index in [9.17, 15) is 13.2 Å². The van der Waals surface area contributed by atoms with Gasteiger partial charge in [-0.15, -0.1) is 0 Å². The van der Waals surface area contributed by atoms with Crippen LogP contribution in [0.2, 0.25) is 0 Å². The van der Waals surface area contributed by atoms with Gasteiger partial charge in [0.1, 0.15) is 5.82 Å². The Morgan fingerprint density at radius 2 is 2.00 bits per heavy atom. The van der Waals surface area contributed by atoms with Gasteiger partial charge < -0.3 is 5.32 Å². The standard InChI is InChI=1S/C20H19F3N6/c1-12-5-6-16-15(8-12)28-19(20(21,22)23)29(16)18-11-26-17(10-27-18)25-9-14-4-3-7-24-13(14)2/h3,5-8,10-11,14H,4,9H2,1-2H3,(H,25,26). The van der Waals surface area contributed by atoms with Crippen LogP contribution in [0.4, 0.5) is 19.0 Å². The number of halogens is 3. The number of aliphatic imine (C=N–C) groups is 1. The second-order valence-electron chi connectivity index (χ2n) is 6.99. The third-order valence-corrected chi connectivity index (χ3v) is 4.86. The van der Waals surface area contributed by atoms with E-state index < -0.39 is 12.0 Å². The molecule has 6 nitrogen and oxygen atoms in total. The summed E-state index contributed by atoms with van der Waals surface area (Å²) in [6.45, 7) is 4.39. The predicted molar refractivity (Wildman–Crippen MR) is 105 cm³/mol. The van der Waals surface area contributed by atoms with E-state index in [2.05, 4.69) is 25.3 Å². The van der Waals surface area contributed by atoms with Crippen molar-refractivity contribution in [2.45, 2.75) is 26.4 Å². The zero-order chi connectivity index (χ0) is 20.6. The number of hydrogen-bond acceptors (Lipinski definition) is 5. The molecule has 3 heterocycles. The van der Waals surface area contributed by atoms with Crippen molar-refractivity contribution in [3.05, 3.63) is 54.3 Å². The average Bonchev–Trinajstić information content (AvgIpc) is 3.07. The molecule has 150 valence electrons. The summed E-state index contributed by atoms with van der Waals surface area (Å²) in [4.78, 5) is 16.5. The summed E-state index contributed by atoms with van der Waals surface area (Å²) in [6.07, 6.45) is 2.80. The molecule has 1 N–H and O–H groups in total. The minimum absolute atomic E-state index is 0.0626. The van der Waals surface area contributed by atoms with Gasteiger partial charge in [-0.05, 0) is 38.0 Å². The van der Waals surface area contributed by atoms with Gasteiger partial charge in [-0.2, -0.15) is 13.2 Å². The normalized spacial score (nSPS) is 16.9. The van der Waals surface area contributed by atoms with E-state index in [1.165, 1.54) is 12.4 Å². The number of aromatic nitrogens is 4. The summed E-state index contributed by atoms with van der Waals surface area (Å²) in [5, 5.41) is 3.17. The number of nitrogens with one attached hydrogen (secondary N) is 1. The number of benzene rings is 1. The van der Waals surface area contributed by atoms with Gasteiger partial charge in [0.05, 0.1) is 23.4 Å². The van der Waals surface area contributed by atoms with Crippen molar-refractivity contribution in [2.75, 3.05) is 11.9 Å². The molecule has 0 amide bonds. The molecule has 3 aromatic rings. The molecule has 0 fully saturated rings. The second kappa shape index (κ2) is 7.31. The molecule has 1 aromatic carbocycles. The molecule has 1 unspecified atom stereocenters.